The zero-order chi connectivity index (χ0) is 18.6. The van der Waals surface area contributed by atoms with Crippen molar-refractivity contribution < 1.29 is 14.3 Å². The lowest BCUT2D eigenvalue weighted by Crippen LogP contribution is -2.48. The highest BCUT2D eigenvalue weighted by Crippen LogP contribution is 2.37. The van der Waals surface area contributed by atoms with E-state index in [0.717, 1.165) is 48.7 Å². The van der Waals surface area contributed by atoms with Gasteiger partial charge in [-0.2, -0.15) is 0 Å². The highest BCUT2D eigenvalue weighted by atomic mass is 16.5. The molecule has 5 nitrogen and oxygen atoms in total. The van der Waals surface area contributed by atoms with Crippen molar-refractivity contribution in [2.24, 2.45) is 5.92 Å². The minimum absolute atomic E-state index is 0.0483. The average molecular weight is 356 g/mol. The Labute approximate surface area is 155 Å². The Morgan fingerprint density at radius 2 is 2.23 bits per heavy atom. The Hall–Kier alpha value is -2.14. The molecule has 0 unspecified atom stereocenters. The number of amides is 1. The van der Waals surface area contributed by atoms with Crippen LogP contribution in [0.4, 0.5) is 5.69 Å². The number of ether oxygens (including phenoxy) is 2. The van der Waals surface area contributed by atoms with E-state index in [0.29, 0.717) is 18.3 Å². The van der Waals surface area contributed by atoms with Gasteiger partial charge in [0.1, 0.15) is 16.9 Å². The number of benzene rings is 1. The summed E-state index contributed by atoms with van der Waals surface area (Å²) in [5.74, 6) is 1.13. The van der Waals surface area contributed by atoms with E-state index in [9.17, 15) is 4.79 Å². The van der Waals surface area contributed by atoms with E-state index < -0.39 is 5.60 Å². The van der Waals surface area contributed by atoms with Crippen molar-refractivity contribution in [3.8, 4) is 5.75 Å². The first-order valence-electron chi connectivity index (χ1n) is 9.47. The van der Waals surface area contributed by atoms with Gasteiger partial charge in [0.2, 0.25) is 0 Å². The molecule has 26 heavy (non-hydrogen) atoms. The number of rotatable bonds is 6. The summed E-state index contributed by atoms with van der Waals surface area (Å²) in [6.07, 6.45) is 6.34. The van der Waals surface area contributed by atoms with Gasteiger partial charge >= 0.3 is 0 Å². The van der Waals surface area contributed by atoms with Gasteiger partial charge < -0.3 is 14.8 Å². The zero-order valence-corrected chi connectivity index (χ0v) is 15.9. The molecule has 1 amide bonds. The molecule has 0 bridgehead atoms. The number of hydrogen-bond acceptors (Lipinski definition) is 4. The van der Waals surface area contributed by atoms with Gasteiger partial charge in [0.25, 0.3) is 5.91 Å². The normalized spacial score (nSPS) is 23.0. The average Bonchev–Trinajstić information content (AvgIpc) is 2.66. The van der Waals surface area contributed by atoms with Gasteiger partial charge in [-0.25, -0.2) is 0 Å². The van der Waals surface area contributed by atoms with Crippen LogP contribution in [0, 0.1) is 5.92 Å². The van der Waals surface area contributed by atoms with Crippen LogP contribution >= 0.6 is 0 Å². The Balaban J connectivity index is 1.91. The number of nitrogens with one attached hydrogen (secondary N) is 1. The van der Waals surface area contributed by atoms with Gasteiger partial charge in [0, 0.05) is 18.2 Å². The molecule has 2 atom stereocenters. The van der Waals surface area contributed by atoms with Crippen LogP contribution in [0.15, 0.2) is 30.5 Å². The minimum atomic E-state index is -0.734. The molecule has 1 N–H and O–H groups in total. The van der Waals surface area contributed by atoms with Crippen molar-refractivity contribution in [1.29, 1.82) is 0 Å². The number of carbonyl (C=O) groups excluding carboxylic acids is 1. The van der Waals surface area contributed by atoms with Crippen LogP contribution in [0.25, 0.3) is 10.9 Å². The first kappa shape index (κ1) is 18.6. The van der Waals surface area contributed by atoms with Crippen LogP contribution in [-0.4, -0.2) is 30.2 Å². The summed E-state index contributed by atoms with van der Waals surface area (Å²) in [4.78, 5) is 17.7. The summed E-state index contributed by atoms with van der Waals surface area (Å²) in [5.41, 5.74) is 0.757. The van der Waals surface area contributed by atoms with Gasteiger partial charge in [-0.3, -0.25) is 9.78 Å². The van der Waals surface area contributed by atoms with E-state index in [1.54, 1.807) is 13.3 Å². The van der Waals surface area contributed by atoms with Gasteiger partial charge in [-0.05, 0) is 55.9 Å². The van der Waals surface area contributed by atoms with Crippen molar-refractivity contribution >= 4 is 22.5 Å². The fourth-order valence-electron chi connectivity index (χ4n) is 3.86. The Morgan fingerprint density at radius 3 is 2.96 bits per heavy atom. The van der Waals surface area contributed by atoms with Crippen molar-refractivity contribution in [3.05, 3.63) is 30.5 Å². The lowest BCUT2D eigenvalue weighted by atomic mass is 9.78. The Morgan fingerprint density at radius 1 is 1.38 bits per heavy atom. The molecule has 2 aromatic rings. The van der Waals surface area contributed by atoms with Gasteiger partial charge in [-0.1, -0.05) is 20.3 Å². The first-order chi connectivity index (χ1) is 12.6. The van der Waals surface area contributed by atoms with E-state index in [4.69, 9.17) is 9.47 Å². The molecule has 3 rings (SSSR count). The third-order valence-corrected chi connectivity index (χ3v) is 5.15. The van der Waals surface area contributed by atoms with Gasteiger partial charge in [0.05, 0.1) is 12.8 Å². The summed E-state index contributed by atoms with van der Waals surface area (Å²) in [7, 11) is 1.62. The molecule has 0 aliphatic heterocycles. The molecule has 140 valence electrons. The summed E-state index contributed by atoms with van der Waals surface area (Å²) in [6.45, 7) is 4.87. The van der Waals surface area contributed by atoms with Crippen molar-refractivity contribution in [2.45, 2.75) is 51.6 Å². The molecule has 1 aromatic heterocycles. The molecular weight excluding hydrogens is 328 g/mol. The van der Waals surface area contributed by atoms with Crippen LogP contribution in [0.2, 0.25) is 0 Å². The number of fused-ring (bicyclic) bond motifs is 1. The fraction of sp³-hybridized carbons (Fsp3) is 0.524. The summed E-state index contributed by atoms with van der Waals surface area (Å²) >= 11 is 0. The van der Waals surface area contributed by atoms with E-state index in [2.05, 4.69) is 24.1 Å². The smallest absolute Gasteiger partial charge is 0.256 e. The number of anilines is 1. The highest BCUT2D eigenvalue weighted by molar-refractivity contribution is 6.05. The number of nitrogens with zero attached hydrogens (tertiary/aromatic N) is 1. The Kier molecular flexibility index (Phi) is 5.77. The molecule has 1 aromatic carbocycles. The van der Waals surface area contributed by atoms with E-state index in [1.807, 2.05) is 24.3 Å². The maximum Gasteiger partial charge on any atom is 0.256 e. The summed E-state index contributed by atoms with van der Waals surface area (Å²) in [6, 6.07) is 7.53. The Bertz CT molecular complexity index is 777. The van der Waals surface area contributed by atoms with Crippen molar-refractivity contribution in [3.63, 3.8) is 0 Å². The molecule has 5 heteroatoms. The predicted molar refractivity (Wildman–Crippen MR) is 104 cm³/mol. The summed E-state index contributed by atoms with van der Waals surface area (Å²) in [5, 5.41) is 3.99. The lowest BCUT2D eigenvalue weighted by molar-refractivity contribution is -0.148. The maximum atomic E-state index is 13.3. The van der Waals surface area contributed by atoms with E-state index in [1.165, 1.54) is 0 Å². The van der Waals surface area contributed by atoms with Gasteiger partial charge in [-0.15, -0.1) is 0 Å². The molecule has 1 aliphatic carbocycles. The van der Waals surface area contributed by atoms with E-state index in [-0.39, 0.29) is 5.91 Å². The second-order valence-electron chi connectivity index (χ2n) is 7.21. The van der Waals surface area contributed by atoms with Crippen LogP contribution in [-0.2, 0) is 9.53 Å². The standard InChI is InChI=1S/C21H28N2O3/c1-4-13-26-21(11-5-7-15(2)14-21)20(24)23-17-9-10-18(25-3)19-16(17)8-6-12-22-19/h6,8-10,12,15H,4-5,7,11,13-14H2,1-3H3,(H,23,24)/t15-,21+/m0/s1. The summed E-state index contributed by atoms with van der Waals surface area (Å²) < 4.78 is 11.5. The molecule has 0 spiro atoms. The number of methoxy groups -OCH3 is 1. The monoisotopic (exact) mass is 356 g/mol. The number of hydrogen-bond donors (Lipinski definition) is 1. The van der Waals surface area contributed by atoms with Gasteiger partial charge in [0.15, 0.2) is 0 Å². The van der Waals surface area contributed by atoms with Crippen LogP contribution in [0.5, 0.6) is 5.75 Å². The zero-order valence-electron chi connectivity index (χ0n) is 15.9. The van der Waals surface area contributed by atoms with Crippen LogP contribution < -0.4 is 10.1 Å². The number of carbonyl (C=O) groups is 1. The van der Waals surface area contributed by atoms with Crippen LogP contribution in [0.3, 0.4) is 0 Å². The quantitative estimate of drug-likeness (QED) is 0.824. The third-order valence-electron chi connectivity index (χ3n) is 5.15. The third kappa shape index (κ3) is 3.68. The molecular formula is C21H28N2O3. The molecule has 0 radical (unpaired) electrons. The van der Waals surface area contributed by atoms with Crippen molar-refractivity contribution in [1.82, 2.24) is 4.98 Å². The predicted octanol–water partition coefficient (Wildman–Crippen LogP) is 4.56. The number of aromatic nitrogens is 1. The molecule has 1 aliphatic rings. The second-order valence-corrected chi connectivity index (χ2v) is 7.21. The minimum Gasteiger partial charge on any atom is -0.494 e. The molecule has 1 saturated carbocycles. The maximum absolute atomic E-state index is 13.3. The largest absolute Gasteiger partial charge is 0.494 e. The second kappa shape index (κ2) is 8.04. The fourth-order valence-corrected chi connectivity index (χ4v) is 3.86. The van der Waals surface area contributed by atoms with Crippen molar-refractivity contribution in [2.75, 3.05) is 19.0 Å². The molecule has 1 fully saturated rings. The molecule has 1 heterocycles. The molecule has 0 saturated heterocycles. The van der Waals surface area contributed by atoms with Crippen LogP contribution in [0.1, 0.15) is 46.0 Å². The lowest BCUT2D eigenvalue weighted by Gasteiger charge is -2.38. The SMILES string of the molecule is CCCO[C@]1(C(=O)Nc2ccc(OC)c3ncccc23)CCC[C@H](C)C1. The number of pyridine rings is 1. The topological polar surface area (TPSA) is 60.5 Å². The van der Waals surface area contributed by atoms with E-state index >= 15 is 0 Å². The highest BCUT2D eigenvalue weighted by Gasteiger charge is 2.42. The first-order valence-corrected chi connectivity index (χ1v) is 9.47.